The quantitative estimate of drug-likeness (QED) is 0.648. The van der Waals surface area contributed by atoms with Gasteiger partial charge in [0.15, 0.2) is 0 Å². The van der Waals surface area contributed by atoms with Crippen molar-refractivity contribution in [3.8, 4) is 0 Å². The lowest BCUT2D eigenvalue weighted by Gasteiger charge is -2.13. The Balaban J connectivity index is 3.93. The molecule has 0 bridgehead atoms. The molecule has 1 nitrogen and oxygen atoms in total. The first-order valence-electron chi connectivity index (χ1n) is 4.20. The fraction of sp³-hybridized carbons (Fsp3) is 0.778. The minimum absolute atomic E-state index is 0.262. The summed E-state index contributed by atoms with van der Waals surface area (Å²) in [5, 5.41) is 9.43. The third kappa shape index (κ3) is 6.32. The van der Waals surface area contributed by atoms with Gasteiger partial charge in [0.2, 0.25) is 0 Å². The van der Waals surface area contributed by atoms with Crippen molar-refractivity contribution in [2.45, 2.75) is 39.6 Å². The molecule has 0 spiro atoms. The number of aliphatic hydroxyl groups is 1. The zero-order valence-electron chi connectivity index (χ0n) is 8.26. The second kappa shape index (κ2) is 4.07. The third-order valence-electron chi connectivity index (χ3n) is 1.48. The zero-order valence-corrected chi connectivity index (χ0v) is 9.26. The van der Waals surface area contributed by atoms with Crippen LogP contribution in [0, 0.1) is 5.92 Å². The highest BCUT2D eigenvalue weighted by Crippen LogP contribution is 2.07. The Bertz CT molecular complexity index is 133. The molecule has 0 saturated heterocycles. The summed E-state index contributed by atoms with van der Waals surface area (Å²) in [5.41, 5.74) is 2.19. The monoisotopic (exact) mass is 172 g/mol. The summed E-state index contributed by atoms with van der Waals surface area (Å²) in [6.45, 7) is 10.8. The van der Waals surface area contributed by atoms with Crippen molar-refractivity contribution in [1.82, 2.24) is 0 Å². The Hall–Kier alpha value is -0.0831. The van der Waals surface area contributed by atoms with Gasteiger partial charge >= 0.3 is 0 Å². The molecule has 0 radical (unpaired) electrons. The van der Waals surface area contributed by atoms with Crippen LogP contribution in [-0.4, -0.2) is 19.3 Å². The van der Waals surface area contributed by atoms with Crippen molar-refractivity contribution < 1.29 is 5.11 Å². The van der Waals surface area contributed by atoms with E-state index in [1.54, 1.807) is 0 Å². The van der Waals surface area contributed by atoms with Crippen LogP contribution in [0.15, 0.2) is 11.8 Å². The molecule has 0 heterocycles. The average Bonchev–Trinajstić information content (AvgIpc) is 1.80. The molecule has 0 aliphatic carbocycles. The molecular weight excluding hydrogens is 152 g/mol. The second-order valence-electron chi connectivity index (χ2n) is 4.46. The van der Waals surface area contributed by atoms with Gasteiger partial charge in [0.1, 0.15) is 0 Å². The predicted molar refractivity (Wildman–Crippen MR) is 53.3 cm³/mol. The van der Waals surface area contributed by atoms with E-state index in [-0.39, 0.29) is 6.10 Å². The summed E-state index contributed by atoms with van der Waals surface area (Å²) in [4.78, 5) is 0. The third-order valence-corrected chi connectivity index (χ3v) is 2.67. The zero-order chi connectivity index (χ0) is 9.07. The first-order valence-corrected chi connectivity index (χ1v) is 7.78. The average molecular weight is 172 g/mol. The van der Waals surface area contributed by atoms with Crippen LogP contribution in [0.2, 0.25) is 19.6 Å². The van der Waals surface area contributed by atoms with Gasteiger partial charge in [-0.25, -0.2) is 0 Å². The lowest BCUT2D eigenvalue weighted by Crippen LogP contribution is -2.19. The molecule has 0 aliphatic rings. The molecule has 2 heteroatoms. The highest BCUT2D eigenvalue weighted by Gasteiger charge is 2.10. The number of hydrogen-bond acceptors (Lipinski definition) is 1. The maximum Gasteiger partial charge on any atom is 0.0740 e. The number of rotatable bonds is 3. The largest absolute Gasteiger partial charge is 0.389 e. The highest BCUT2D eigenvalue weighted by atomic mass is 28.3. The lowest BCUT2D eigenvalue weighted by atomic mass is 10.1. The molecule has 1 atom stereocenters. The van der Waals surface area contributed by atoms with E-state index in [2.05, 4.69) is 25.3 Å². The Morgan fingerprint density at radius 3 is 1.91 bits per heavy atom. The van der Waals surface area contributed by atoms with Crippen molar-refractivity contribution in [1.29, 1.82) is 0 Å². The summed E-state index contributed by atoms with van der Waals surface area (Å²) in [7, 11) is -1.11. The molecule has 0 rings (SSSR count). The fourth-order valence-corrected chi connectivity index (χ4v) is 1.38. The molecule has 1 N–H and O–H groups in total. The van der Waals surface area contributed by atoms with E-state index >= 15 is 0 Å². The van der Waals surface area contributed by atoms with Gasteiger partial charge in [0.05, 0.1) is 14.2 Å². The van der Waals surface area contributed by atoms with Gasteiger partial charge in [-0.2, -0.15) is 0 Å². The van der Waals surface area contributed by atoms with Crippen LogP contribution in [0.3, 0.4) is 0 Å². The van der Waals surface area contributed by atoms with Crippen LogP contribution in [0.4, 0.5) is 0 Å². The summed E-state index contributed by atoms with van der Waals surface area (Å²) in [5.74, 6) is 0.336. The minimum atomic E-state index is -1.11. The van der Waals surface area contributed by atoms with Gasteiger partial charge in [0.25, 0.3) is 0 Å². The summed E-state index contributed by atoms with van der Waals surface area (Å²) >= 11 is 0. The molecule has 0 aliphatic heterocycles. The van der Waals surface area contributed by atoms with Crippen LogP contribution in [0.5, 0.6) is 0 Å². The van der Waals surface area contributed by atoms with E-state index < -0.39 is 8.07 Å². The van der Waals surface area contributed by atoms with Crippen molar-refractivity contribution >= 4 is 8.07 Å². The molecule has 66 valence electrons. The van der Waals surface area contributed by atoms with Crippen molar-refractivity contribution in [3.63, 3.8) is 0 Å². The predicted octanol–water partition coefficient (Wildman–Crippen LogP) is 2.44. The van der Waals surface area contributed by atoms with Crippen LogP contribution < -0.4 is 0 Å². The summed E-state index contributed by atoms with van der Waals surface area (Å²) in [6, 6.07) is 0. The highest BCUT2D eigenvalue weighted by molar-refractivity contribution is 6.80. The second-order valence-corrected chi connectivity index (χ2v) is 9.53. The molecular formula is C9H20OSi. The van der Waals surface area contributed by atoms with Gasteiger partial charge in [-0.05, 0) is 5.92 Å². The molecule has 0 unspecified atom stereocenters. The molecule has 0 saturated carbocycles. The van der Waals surface area contributed by atoms with E-state index in [1.807, 2.05) is 19.9 Å². The van der Waals surface area contributed by atoms with Crippen LogP contribution in [-0.2, 0) is 0 Å². The summed E-state index contributed by atoms with van der Waals surface area (Å²) in [6.07, 6.45) is 1.68. The van der Waals surface area contributed by atoms with E-state index in [4.69, 9.17) is 0 Å². The van der Waals surface area contributed by atoms with Crippen molar-refractivity contribution in [2.75, 3.05) is 0 Å². The molecule has 0 amide bonds. The minimum Gasteiger partial charge on any atom is -0.389 e. The van der Waals surface area contributed by atoms with Crippen LogP contribution in [0.1, 0.15) is 13.8 Å². The van der Waals surface area contributed by atoms with Crippen molar-refractivity contribution in [2.24, 2.45) is 5.92 Å². The lowest BCUT2D eigenvalue weighted by molar-refractivity contribution is 0.172. The first-order chi connectivity index (χ1) is 4.83. The standard InChI is InChI=1S/C9H20OSi/c1-8(2)9(10)6-7-11(3,4)5/h6-10H,1-5H3/t9-/m0/s1. The van der Waals surface area contributed by atoms with Gasteiger partial charge in [-0.1, -0.05) is 45.3 Å². The maximum absolute atomic E-state index is 9.43. The SMILES string of the molecule is CC(C)[C@@H](O)C=C[Si](C)(C)C. The first kappa shape index (κ1) is 10.9. The van der Waals surface area contributed by atoms with Crippen LogP contribution in [0.25, 0.3) is 0 Å². The topological polar surface area (TPSA) is 20.2 Å². The molecule has 0 aromatic heterocycles. The number of hydrogen-bond donors (Lipinski definition) is 1. The Morgan fingerprint density at radius 1 is 1.18 bits per heavy atom. The van der Waals surface area contributed by atoms with E-state index in [1.165, 1.54) is 0 Å². The summed E-state index contributed by atoms with van der Waals surface area (Å²) < 4.78 is 0. The fourth-order valence-electron chi connectivity index (χ4n) is 0.609. The van der Waals surface area contributed by atoms with Crippen LogP contribution >= 0.6 is 0 Å². The van der Waals surface area contributed by atoms with Crippen molar-refractivity contribution in [3.05, 3.63) is 11.8 Å². The number of aliphatic hydroxyl groups excluding tert-OH is 1. The van der Waals surface area contributed by atoms with E-state index in [9.17, 15) is 5.11 Å². The van der Waals surface area contributed by atoms with Gasteiger partial charge < -0.3 is 5.11 Å². The van der Waals surface area contributed by atoms with Gasteiger partial charge in [-0.15, -0.1) is 0 Å². The smallest absolute Gasteiger partial charge is 0.0740 e. The molecule has 0 fully saturated rings. The van der Waals surface area contributed by atoms with E-state index in [0.717, 1.165) is 0 Å². The Morgan fingerprint density at radius 2 is 1.64 bits per heavy atom. The Labute approximate surface area is 71.1 Å². The molecule has 0 aromatic carbocycles. The van der Waals surface area contributed by atoms with Gasteiger partial charge in [-0.3, -0.25) is 0 Å². The normalized spacial score (nSPS) is 16.3. The molecule has 0 aromatic rings. The maximum atomic E-state index is 9.43. The molecule has 11 heavy (non-hydrogen) atoms. The van der Waals surface area contributed by atoms with Gasteiger partial charge in [0, 0.05) is 0 Å². The van der Waals surface area contributed by atoms with E-state index in [0.29, 0.717) is 5.92 Å². The Kier molecular flexibility index (Phi) is 4.04.